The van der Waals surface area contributed by atoms with Crippen LogP contribution in [0.25, 0.3) is 0 Å². The van der Waals surface area contributed by atoms with Crippen LogP contribution < -0.4 is 5.32 Å². The van der Waals surface area contributed by atoms with Crippen LogP contribution >= 0.6 is 23.3 Å². The number of carbonyl (C=O) groups excluding carboxylic acids is 1. The molecule has 2 aliphatic rings. The van der Waals surface area contributed by atoms with Crippen LogP contribution in [0.4, 0.5) is 9.93 Å². The van der Waals surface area contributed by atoms with Gasteiger partial charge in [0.05, 0.1) is 5.41 Å². The molecule has 9 heteroatoms. The van der Waals surface area contributed by atoms with E-state index in [2.05, 4.69) is 14.7 Å². The smallest absolute Gasteiger partial charge is 0.323 e. The van der Waals surface area contributed by atoms with E-state index in [1.807, 2.05) is 6.26 Å². The van der Waals surface area contributed by atoms with E-state index in [1.165, 1.54) is 11.8 Å². The van der Waals surface area contributed by atoms with Crippen LogP contribution in [0.2, 0.25) is 0 Å². The summed E-state index contributed by atoms with van der Waals surface area (Å²) in [6.07, 6.45) is 4.34. The molecule has 2 heterocycles. The van der Waals surface area contributed by atoms with E-state index in [-0.39, 0.29) is 18.5 Å². The highest BCUT2D eigenvalue weighted by molar-refractivity contribution is 7.98. The van der Waals surface area contributed by atoms with Gasteiger partial charge < -0.3 is 10.0 Å². The van der Waals surface area contributed by atoms with E-state index in [0.717, 1.165) is 24.4 Å². The minimum atomic E-state index is -0.777. The Labute approximate surface area is 130 Å². The second kappa shape index (κ2) is 5.45. The van der Waals surface area contributed by atoms with Crippen molar-refractivity contribution in [2.75, 3.05) is 24.7 Å². The highest BCUT2D eigenvalue weighted by Gasteiger charge is 2.55. The second-order valence-corrected chi connectivity index (χ2v) is 6.97. The minimum absolute atomic E-state index is 0.0666. The number of urea groups is 1. The number of nitrogens with one attached hydrogen (secondary N) is 1. The van der Waals surface area contributed by atoms with Gasteiger partial charge in [0.1, 0.15) is 0 Å². The molecule has 0 spiro atoms. The van der Waals surface area contributed by atoms with Gasteiger partial charge in [-0.15, -0.1) is 0 Å². The molecule has 0 bridgehead atoms. The van der Waals surface area contributed by atoms with Gasteiger partial charge >= 0.3 is 12.0 Å². The Bertz CT molecular complexity index is 579. The summed E-state index contributed by atoms with van der Waals surface area (Å²) < 4.78 is 4.08. The number of aromatic nitrogens is 2. The number of carbonyl (C=O) groups is 2. The van der Waals surface area contributed by atoms with Crippen molar-refractivity contribution >= 4 is 40.4 Å². The van der Waals surface area contributed by atoms with Gasteiger partial charge in [0, 0.05) is 24.6 Å². The van der Waals surface area contributed by atoms with Crippen LogP contribution in [-0.4, -0.2) is 50.7 Å². The van der Waals surface area contributed by atoms with Gasteiger partial charge in [-0.25, -0.2) is 4.79 Å². The number of aliphatic carboxylic acids is 1. The van der Waals surface area contributed by atoms with Crippen molar-refractivity contribution in [3.63, 3.8) is 0 Å². The molecule has 21 heavy (non-hydrogen) atoms. The maximum absolute atomic E-state index is 12.3. The molecule has 2 N–H and O–H groups in total. The van der Waals surface area contributed by atoms with Gasteiger partial charge in [0.2, 0.25) is 10.3 Å². The number of hydrogen-bond acceptors (Lipinski definition) is 6. The molecule has 3 rings (SSSR count). The third-order valence-corrected chi connectivity index (χ3v) is 5.68. The molecule has 2 atom stereocenters. The van der Waals surface area contributed by atoms with Crippen molar-refractivity contribution in [2.45, 2.75) is 24.4 Å². The van der Waals surface area contributed by atoms with Gasteiger partial charge in [0.15, 0.2) is 0 Å². The van der Waals surface area contributed by atoms with Crippen LogP contribution in [0.5, 0.6) is 0 Å². The van der Waals surface area contributed by atoms with Crippen LogP contribution in [0.3, 0.4) is 0 Å². The molecular formula is C12H16N4O3S2. The van der Waals surface area contributed by atoms with Crippen LogP contribution in [0, 0.1) is 11.3 Å². The third-order valence-electron chi connectivity index (χ3n) is 4.39. The normalized spacial score (nSPS) is 27.7. The first-order chi connectivity index (χ1) is 10.0. The second-order valence-electron chi connectivity index (χ2n) is 5.45. The number of thioether (sulfide) groups is 1. The number of hydrogen-bond donors (Lipinski definition) is 2. The largest absolute Gasteiger partial charge is 0.481 e. The summed E-state index contributed by atoms with van der Waals surface area (Å²) in [5.41, 5.74) is -0.747. The monoisotopic (exact) mass is 328 g/mol. The van der Waals surface area contributed by atoms with Crippen molar-refractivity contribution in [1.82, 2.24) is 14.3 Å². The molecule has 1 aliphatic carbocycles. The van der Waals surface area contributed by atoms with Crippen LogP contribution in [0.15, 0.2) is 5.16 Å². The fourth-order valence-corrected chi connectivity index (χ4v) is 4.42. The Morgan fingerprint density at radius 1 is 1.57 bits per heavy atom. The first kappa shape index (κ1) is 14.6. The fraction of sp³-hybridized carbons (Fsp3) is 0.667. The van der Waals surface area contributed by atoms with Crippen molar-refractivity contribution in [1.29, 1.82) is 0 Å². The van der Waals surface area contributed by atoms with E-state index in [0.29, 0.717) is 23.3 Å². The molecule has 0 radical (unpaired) electrons. The zero-order valence-corrected chi connectivity index (χ0v) is 13.2. The molecule has 1 saturated heterocycles. The number of fused-ring (bicyclic) bond motifs is 1. The Balaban J connectivity index is 1.68. The van der Waals surface area contributed by atoms with Crippen molar-refractivity contribution < 1.29 is 14.7 Å². The standard InChI is InChI=1S/C12H16N4O3S2/c1-20-10-13-9(21-15-10)14-11(19)16-5-7-3-2-4-12(7,6-16)8(17)18/h7H,2-6H2,1H3,(H,17,18)(H,13,14,15,19)/t7-,12+/m0/s1. The number of rotatable bonds is 3. The van der Waals surface area contributed by atoms with E-state index in [9.17, 15) is 14.7 Å². The van der Waals surface area contributed by atoms with E-state index < -0.39 is 11.4 Å². The van der Waals surface area contributed by atoms with Gasteiger partial charge in [-0.3, -0.25) is 10.1 Å². The zero-order chi connectivity index (χ0) is 15.0. The highest BCUT2D eigenvalue weighted by Crippen LogP contribution is 2.48. The Hall–Kier alpha value is -1.35. The number of carboxylic acid groups (broad SMARTS) is 1. The lowest BCUT2D eigenvalue weighted by atomic mass is 9.81. The highest BCUT2D eigenvalue weighted by atomic mass is 32.2. The summed E-state index contributed by atoms with van der Waals surface area (Å²) in [6.45, 7) is 0.791. The number of likely N-dealkylation sites (tertiary alicyclic amines) is 1. The summed E-state index contributed by atoms with van der Waals surface area (Å²) in [5, 5.41) is 13.3. The molecule has 1 saturated carbocycles. The molecule has 1 aliphatic heterocycles. The van der Waals surface area contributed by atoms with Crippen LogP contribution in [0.1, 0.15) is 19.3 Å². The molecule has 1 aromatic heterocycles. The quantitative estimate of drug-likeness (QED) is 0.824. The lowest BCUT2D eigenvalue weighted by Crippen LogP contribution is -2.38. The molecule has 1 aromatic rings. The Morgan fingerprint density at radius 3 is 3.00 bits per heavy atom. The molecule has 7 nitrogen and oxygen atoms in total. The van der Waals surface area contributed by atoms with E-state index >= 15 is 0 Å². The molecule has 2 amide bonds. The van der Waals surface area contributed by atoms with Gasteiger partial charge in [0.25, 0.3) is 0 Å². The molecule has 114 valence electrons. The van der Waals surface area contributed by atoms with Gasteiger partial charge in [-0.1, -0.05) is 18.2 Å². The maximum Gasteiger partial charge on any atom is 0.323 e. The SMILES string of the molecule is CSc1nsc(NC(=O)N2C[C@@H]3CCC[C@@]3(C(=O)O)C2)n1. The summed E-state index contributed by atoms with van der Waals surface area (Å²) in [6, 6.07) is -0.283. The summed E-state index contributed by atoms with van der Waals surface area (Å²) in [7, 11) is 0. The molecule has 2 fully saturated rings. The average molecular weight is 328 g/mol. The third kappa shape index (κ3) is 2.48. The molecule has 0 aromatic carbocycles. The summed E-state index contributed by atoms with van der Waals surface area (Å²) >= 11 is 2.54. The molecular weight excluding hydrogens is 312 g/mol. The van der Waals surface area contributed by atoms with Crippen molar-refractivity contribution in [3.8, 4) is 0 Å². The number of carboxylic acids is 1. The van der Waals surface area contributed by atoms with E-state index in [4.69, 9.17) is 0 Å². The summed E-state index contributed by atoms with van der Waals surface area (Å²) in [4.78, 5) is 29.6. The Kier molecular flexibility index (Phi) is 3.78. The lowest BCUT2D eigenvalue weighted by Gasteiger charge is -2.23. The van der Waals surface area contributed by atoms with Crippen molar-refractivity contribution in [2.24, 2.45) is 11.3 Å². The predicted octanol–water partition coefficient (Wildman–Crippen LogP) is 1.98. The number of nitrogens with zero attached hydrogens (tertiary/aromatic N) is 3. The van der Waals surface area contributed by atoms with Gasteiger partial charge in [-0.05, 0) is 25.0 Å². The van der Waals surface area contributed by atoms with Crippen LogP contribution in [-0.2, 0) is 4.79 Å². The zero-order valence-electron chi connectivity index (χ0n) is 11.5. The van der Waals surface area contributed by atoms with E-state index in [1.54, 1.807) is 4.90 Å². The average Bonchev–Trinajstić information content (AvgIpc) is 3.11. The van der Waals surface area contributed by atoms with Gasteiger partial charge in [-0.2, -0.15) is 9.36 Å². The molecule has 0 unspecified atom stereocenters. The minimum Gasteiger partial charge on any atom is -0.481 e. The Morgan fingerprint density at radius 2 is 2.38 bits per heavy atom. The first-order valence-corrected chi connectivity index (χ1v) is 8.72. The predicted molar refractivity (Wildman–Crippen MR) is 79.7 cm³/mol. The van der Waals surface area contributed by atoms with Crippen molar-refractivity contribution in [3.05, 3.63) is 0 Å². The maximum atomic E-state index is 12.3. The first-order valence-electron chi connectivity index (χ1n) is 6.72. The fourth-order valence-electron chi connectivity index (χ4n) is 3.31. The lowest BCUT2D eigenvalue weighted by molar-refractivity contribution is -0.149. The summed E-state index contributed by atoms with van der Waals surface area (Å²) in [5.74, 6) is -0.710. The number of anilines is 1. The topological polar surface area (TPSA) is 95.4 Å². The number of amides is 2.